The summed E-state index contributed by atoms with van der Waals surface area (Å²) < 4.78 is 5.10. The van der Waals surface area contributed by atoms with Crippen LogP contribution < -0.4 is 15.4 Å². The number of pyridine rings is 1. The van der Waals surface area contributed by atoms with Gasteiger partial charge in [-0.25, -0.2) is 4.98 Å². The average molecular weight is 388 g/mol. The molecular weight excluding hydrogens is 373 g/mol. The standard InChI is InChI=1S/C19H15Cl2N3O2/c1-26-15-5-3-14(4-6-15)23-19(25)12-8-9-22-18(10-12)24-17-7-2-13(20)11-16(17)21/h2-11H,1H3,(H,22,24)(H,23,25). The highest BCUT2D eigenvalue weighted by molar-refractivity contribution is 6.36. The Bertz CT molecular complexity index is 930. The third-order valence-corrected chi connectivity index (χ3v) is 4.11. The quantitative estimate of drug-likeness (QED) is 0.615. The molecule has 0 aliphatic carbocycles. The number of carbonyl (C=O) groups is 1. The third-order valence-electron chi connectivity index (χ3n) is 3.56. The molecule has 0 bridgehead atoms. The van der Waals surface area contributed by atoms with Gasteiger partial charge in [0, 0.05) is 22.5 Å². The van der Waals surface area contributed by atoms with Crippen molar-refractivity contribution in [1.29, 1.82) is 0 Å². The highest BCUT2D eigenvalue weighted by Crippen LogP contribution is 2.28. The summed E-state index contributed by atoms with van der Waals surface area (Å²) in [6.45, 7) is 0. The second-order valence-electron chi connectivity index (χ2n) is 5.36. The van der Waals surface area contributed by atoms with Gasteiger partial charge in [-0.2, -0.15) is 0 Å². The fraction of sp³-hybridized carbons (Fsp3) is 0.0526. The smallest absolute Gasteiger partial charge is 0.255 e. The van der Waals surface area contributed by atoms with Crippen molar-refractivity contribution < 1.29 is 9.53 Å². The van der Waals surface area contributed by atoms with Crippen molar-refractivity contribution in [3.05, 3.63) is 76.4 Å². The van der Waals surface area contributed by atoms with Crippen LogP contribution in [0.5, 0.6) is 5.75 Å². The Morgan fingerprint density at radius 2 is 1.81 bits per heavy atom. The van der Waals surface area contributed by atoms with E-state index in [0.29, 0.717) is 32.8 Å². The first-order valence-corrected chi connectivity index (χ1v) is 8.44. The average Bonchev–Trinajstić information content (AvgIpc) is 2.65. The van der Waals surface area contributed by atoms with Crippen molar-refractivity contribution in [2.75, 3.05) is 17.7 Å². The molecule has 2 aromatic carbocycles. The number of carbonyl (C=O) groups excluding carboxylic acids is 1. The molecule has 26 heavy (non-hydrogen) atoms. The molecule has 0 unspecified atom stereocenters. The molecule has 3 aromatic rings. The number of rotatable bonds is 5. The largest absolute Gasteiger partial charge is 0.497 e. The van der Waals surface area contributed by atoms with Crippen LogP contribution in [-0.4, -0.2) is 18.0 Å². The van der Waals surface area contributed by atoms with Crippen LogP contribution in [-0.2, 0) is 0 Å². The van der Waals surface area contributed by atoms with Crippen LogP contribution in [0.4, 0.5) is 17.2 Å². The number of benzene rings is 2. The highest BCUT2D eigenvalue weighted by Gasteiger charge is 2.09. The Labute approximate surface area is 160 Å². The van der Waals surface area contributed by atoms with Gasteiger partial charge in [-0.1, -0.05) is 23.2 Å². The van der Waals surface area contributed by atoms with E-state index in [9.17, 15) is 4.79 Å². The van der Waals surface area contributed by atoms with Gasteiger partial charge >= 0.3 is 0 Å². The van der Waals surface area contributed by atoms with Crippen LogP contribution in [0.3, 0.4) is 0 Å². The number of hydrogen-bond acceptors (Lipinski definition) is 4. The molecule has 1 aromatic heterocycles. The Balaban J connectivity index is 1.74. The van der Waals surface area contributed by atoms with Gasteiger partial charge in [-0.3, -0.25) is 4.79 Å². The van der Waals surface area contributed by atoms with E-state index in [1.54, 1.807) is 67.9 Å². The maximum Gasteiger partial charge on any atom is 0.255 e. The van der Waals surface area contributed by atoms with Crippen LogP contribution in [0.2, 0.25) is 10.0 Å². The number of halogens is 2. The molecule has 0 spiro atoms. The predicted molar refractivity (Wildman–Crippen MR) is 105 cm³/mol. The van der Waals surface area contributed by atoms with Gasteiger partial charge in [0.05, 0.1) is 17.8 Å². The first kappa shape index (κ1) is 18.0. The summed E-state index contributed by atoms with van der Waals surface area (Å²) in [5.41, 5.74) is 1.78. The first-order valence-electron chi connectivity index (χ1n) is 7.69. The summed E-state index contributed by atoms with van der Waals surface area (Å²) in [6.07, 6.45) is 1.55. The number of nitrogens with zero attached hydrogens (tertiary/aromatic N) is 1. The SMILES string of the molecule is COc1ccc(NC(=O)c2ccnc(Nc3ccc(Cl)cc3Cl)c2)cc1. The monoisotopic (exact) mass is 387 g/mol. The molecule has 3 rings (SSSR count). The summed E-state index contributed by atoms with van der Waals surface area (Å²) in [5, 5.41) is 6.91. The van der Waals surface area contributed by atoms with Gasteiger partial charge in [0.2, 0.25) is 0 Å². The fourth-order valence-electron chi connectivity index (χ4n) is 2.25. The Hall–Kier alpha value is -2.76. The van der Waals surface area contributed by atoms with Gasteiger partial charge in [0.1, 0.15) is 11.6 Å². The minimum atomic E-state index is -0.247. The number of nitrogens with one attached hydrogen (secondary N) is 2. The van der Waals surface area contributed by atoms with Crippen LogP contribution in [0.1, 0.15) is 10.4 Å². The summed E-state index contributed by atoms with van der Waals surface area (Å²) in [6, 6.07) is 15.5. The minimum absolute atomic E-state index is 0.247. The summed E-state index contributed by atoms with van der Waals surface area (Å²) >= 11 is 12.0. The summed E-state index contributed by atoms with van der Waals surface area (Å²) in [7, 11) is 1.59. The second-order valence-corrected chi connectivity index (χ2v) is 6.21. The van der Waals surface area contributed by atoms with Gasteiger partial charge in [-0.05, 0) is 54.6 Å². The third kappa shape index (κ3) is 4.45. The Morgan fingerprint density at radius 3 is 2.50 bits per heavy atom. The molecule has 0 fully saturated rings. The molecule has 7 heteroatoms. The number of aromatic nitrogens is 1. The van der Waals surface area contributed by atoms with E-state index < -0.39 is 0 Å². The summed E-state index contributed by atoms with van der Waals surface area (Å²) in [4.78, 5) is 16.7. The highest BCUT2D eigenvalue weighted by atomic mass is 35.5. The van der Waals surface area contributed by atoms with Crippen molar-refractivity contribution in [3.63, 3.8) is 0 Å². The van der Waals surface area contributed by atoms with Crippen molar-refractivity contribution in [2.45, 2.75) is 0 Å². The lowest BCUT2D eigenvalue weighted by atomic mass is 10.2. The van der Waals surface area contributed by atoms with Crippen molar-refractivity contribution in [1.82, 2.24) is 4.98 Å². The molecule has 132 valence electrons. The lowest BCUT2D eigenvalue weighted by molar-refractivity contribution is 0.102. The minimum Gasteiger partial charge on any atom is -0.497 e. The number of ether oxygens (including phenoxy) is 1. The number of amides is 1. The van der Waals surface area contributed by atoms with Crippen LogP contribution in [0.15, 0.2) is 60.8 Å². The zero-order chi connectivity index (χ0) is 18.5. The van der Waals surface area contributed by atoms with Crippen molar-refractivity contribution in [3.8, 4) is 5.75 Å². The van der Waals surface area contributed by atoms with Crippen LogP contribution in [0, 0.1) is 0 Å². The van der Waals surface area contributed by atoms with E-state index in [1.807, 2.05) is 0 Å². The van der Waals surface area contributed by atoms with E-state index in [-0.39, 0.29) is 5.91 Å². The lowest BCUT2D eigenvalue weighted by Crippen LogP contribution is -2.12. The molecule has 0 atom stereocenters. The summed E-state index contributed by atoms with van der Waals surface area (Å²) in [5.74, 6) is 0.970. The maximum absolute atomic E-state index is 12.4. The number of hydrogen-bond donors (Lipinski definition) is 2. The molecule has 0 aliphatic rings. The molecule has 1 amide bonds. The van der Waals surface area contributed by atoms with Gasteiger partial charge in [0.25, 0.3) is 5.91 Å². The van der Waals surface area contributed by atoms with Crippen LogP contribution >= 0.6 is 23.2 Å². The van der Waals surface area contributed by atoms with E-state index >= 15 is 0 Å². The van der Waals surface area contributed by atoms with E-state index in [4.69, 9.17) is 27.9 Å². The Morgan fingerprint density at radius 1 is 1.04 bits per heavy atom. The molecule has 0 saturated carbocycles. The first-order chi connectivity index (χ1) is 12.5. The maximum atomic E-state index is 12.4. The fourth-order valence-corrected chi connectivity index (χ4v) is 2.70. The van der Waals surface area contributed by atoms with Gasteiger partial charge in [0.15, 0.2) is 0 Å². The van der Waals surface area contributed by atoms with Crippen molar-refractivity contribution in [2.24, 2.45) is 0 Å². The predicted octanol–water partition coefficient (Wildman–Crippen LogP) is 5.39. The van der Waals surface area contributed by atoms with Gasteiger partial charge in [-0.15, -0.1) is 0 Å². The van der Waals surface area contributed by atoms with Crippen LogP contribution in [0.25, 0.3) is 0 Å². The molecule has 5 nitrogen and oxygen atoms in total. The molecule has 0 aliphatic heterocycles. The van der Waals surface area contributed by atoms with E-state index in [1.165, 1.54) is 0 Å². The number of anilines is 3. The van der Waals surface area contributed by atoms with Gasteiger partial charge < -0.3 is 15.4 Å². The lowest BCUT2D eigenvalue weighted by Gasteiger charge is -2.10. The topological polar surface area (TPSA) is 63.2 Å². The van der Waals surface area contributed by atoms with E-state index in [0.717, 1.165) is 5.75 Å². The Kier molecular flexibility index (Phi) is 5.61. The number of methoxy groups -OCH3 is 1. The zero-order valence-corrected chi connectivity index (χ0v) is 15.3. The zero-order valence-electron chi connectivity index (χ0n) is 13.8. The molecular formula is C19H15Cl2N3O2. The molecule has 0 radical (unpaired) electrons. The molecule has 0 saturated heterocycles. The second kappa shape index (κ2) is 8.08. The normalized spacial score (nSPS) is 10.3. The molecule has 1 heterocycles. The molecule has 2 N–H and O–H groups in total. The van der Waals surface area contributed by atoms with E-state index in [2.05, 4.69) is 15.6 Å². The van der Waals surface area contributed by atoms with Crippen molar-refractivity contribution >= 4 is 46.3 Å².